The summed E-state index contributed by atoms with van der Waals surface area (Å²) < 4.78 is 88.8. The second-order valence-electron chi connectivity index (χ2n) is 8.32. The first kappa shape index (κ1) is 24.6. The van der Waals surface area contributed by atoms with E-state index < -0.39 is 64.0 Å². The first-order valence-corrected chi connectivity index (χ1v) is 12.4. The zero-order valence-electron chi connectivity index (χ0n) is 18.2. The number of rotatable bonds is 7. The number of carbonyl (C=O) groups is 1. The average molecular weight is 502 g/mol. The molecule has 3 heterocycles. The molecule has 0 bridgehead atoms. The number of ether oxygens (including phenoxy) is 1. The van der Waals surface area contributed by atoms with Crippen LogP contribution in [0.1, 0.15) is 19.0 Å². The van der Waals surface area contributed by atoms with Crippen LogP contribution in [-0.4, -0.2) is 67.2 Å². The molecule has 0 saturated carbocycles. The number of hydrogen-bond donors (Lipinski definition) is 1. The third-order valence-electron chi connectivity index (χ3n) is 5.95. The van der Waals surface area contributed by atoms with E-state index in [9.17, 15) is 30.8 Å². The van der Waals surface area contributed by atoms with Crippen LogP contribution in [0.15, 0.2) is 36.4 Å². The van der Waals surface area contributed by atoms with Crippen LogP contribution in [0, 0.1) is 11.6 Å². The van der Waals surface area contributed by atoms with Crippen LogP contribution in [0.4, 0.5) is 17.6 Å². The van der Waals surface area contributed by atoms with E-state index in [0.717, 1.165) is 17.0 Å². The van der Waals surface area contributed by atoms with Crippen LogP contribution in [0.5, 0.6) is 0 Å². The van der Waals surface area contributed by atoms with Gasteiger partial charge >= 0.3 is 0 Å². The first-order chi connectivity index (χ1) is 16.0. The highest BCUT2D eigenvalue weighted by molar-refractivity contribution is 7.89. The summed E-state index contributed by atoms with van der Waals surface area (Å²) in [4.78, 5) is 18.1. The van der Waals surface area contributed by atoms with E-state index in [2.05, 4.69) is 4.98 Å². The van der Waals surface area contributed by atoms with Crippen molar-refractivity contribution in [3.8, 4) is 11.3 Å². The zero-order valence-corrected chi connectivity index (χ0v) is 19.0. The quantitative estimate of drug-likeness (QED) is 0.589. The van der Waals surface area contributed by atoms with Gasteiger partial charge in [0.15, 0.2) is 0 Å². The first-order valence-electron chi connectivity index (χ1n) is 10.7. The number of nitrogens with zero attached hydrogens (tertiary/aromatic N) is 2. The number of halogens is 4. The lowest BCUT2D eigenvalue weighted by atomic mass is 10.0. The molecule has 3 atom stereocenters. The van der Waals surface area contributed by atoms with Crippen molar-refractivity contribution in [2.24, 2.45) is 0 Å². The van der Waals surface area contributed by atoms with Crippen molar-refractivity contribution in [1.29, 1.82) is 0 Å². The second kappa shape index (κ2) is 9.23. The van der Waals surface area contributed by atoms with E-state index in [0.29, 0.717) is 19.1 Å². The Morgan fingerprint density at radius 3 is 2.50 bits per heavy atom. The third kappa shape index (κ3) is 5.08. The van der Waals surface area contributed by atoms with Crippen LogP contribution in [0.2, 0.25) is 0 Å². The Labute approximate surface area is 194 Å². The molecule has 7 nitrogen and oxygen atoms in total. The smallest absolute Gasteiger partial charge is 0.283 e. The molecule has 2 aliphatic rings. The number of hydrogen-bond acceptors (Lipinski definition) is 5. The number of aromatic nitrogens is 1. The number of alkyl halides is 2. The number of sulfonamides is 1. The highest BCUT2D eigenvalue weighted by Crippen LogP contribution is 2.36. The Morgan fingerprint density at radius 2 is 1.91 bits per heavy atom. The molecule has 184 valence electrons. The second-order valence-corrected chi connectivity index (χ2v) is 10.4. The zero-order chi connectivity index (χ0) is 24.7. The maximum atomic E-state index is 15.0. The summed E-state index contributed by atoms with van der Waals surface area (Å²) in [6.45, 7) is 0.686. The molecule has 0 radical (unpaired) electrons. The molecule has 1 amide bonds. The summed E-state index contributed by atoms with van der Waals surface area (Å²) in [5.41, 5.74) is 0.597. The molecule has 1 aromatic heterocycles. The van der Waals surface area contributed by atoms with E-state index in [-0.39, 0.29) is 23.4 Å². The highest BCUT2D eigenvalue weighted by Gasteiger charge is 2.58. The minimum atomic E-state index is -4.02. The van der Waals surface area contributed by atoms with Gasteiger partial charge in [0.05, 0.1) is 30.6 Å². The fourth-order valence-electron chi connectivity index (χ4n) is 4.10. The van der Waals surface area contributed by atoms with Gasteiger partial charge in [0, 0.05) is 30.2 Å². The van der Waals surface area contributed by atoms with E-state index in [1.54, 1.807) is 6.07 Å². The molecule has 1 N–H and O–H groups in total. The van der Waals surface area contributed by atoms with Crippen molar-refractivity contribution in [2.75, 3.05) is 18.9 Å². The summed E-state index contributed by atoms with van der Waals surface area (Å²) in [5, 5.41) is 0. The normalized spacial score (nSPS) is 24.1. The molecule has 2 aromatic rings. The molecule has 34 heavy (non-hydrogen) atoms. The molecular formula is C22H23F4N3O4S. The average Bonchev–Trinajstić information content (AvgIpc) is 2.96. The largest absolute Gasteiger partial charge is 0.368 e. The topological polar surface area (TPSA) is 88.6 Å². The maximum absolute atomic E-state index is 15.0. The van der Waals surface area contributed by atoms with Crippen molar-refractivity contribution in [2.45, 2.75) is 43.9 Å². The van der Waals surface area contributed by atoms with Crippen LogP contribution >= 0.6 is 0 Å². The standard InChI is InChI=1S/C22H23F4N3O4S/c1-2-34(31,32)28-20-18(29(12-22(20,25)26)21(30)19-6-7-33-19)11-16-4-3-5-17(27-16)13-8-14(23)10-15(24)9-13/h3-5,8-10,18-20,28H,2,6-7,11-12H2,1H3/t18-,19?,20?/m1/s1. The van der Waals surface area contributed by atoms with Crippen molar-refractivity contribution in [3.63, 3.8) is 0 Å². The predicted molar refractivity (Wildman–Crippen MR) is 114 cm³/mol. The fourth-order valence-corrected chi connectivity index (χ4v) is 4.98. The number of nitrogens with one attached hydrogen (secondary N) is 1. The lowest BCUT2D eigenvalue weighted by Crippen LogP contribution is -2.54. The number of likely N-dealkylation sites (tertiary alicyclic amines) is 1. The summed E-state index contributed by atoms with van der Waals surface area (Å²) >= 11 is 0. The lowest BCUT2D eigenvalue weighted by Gasteiger charge is -2.33. The van der Waals surface area contributed by atoms with Gasteiger partial charge in [-0.25, -0.2) is 30.7 Å². The highest BCUT2D eigenvalue weighted by atomic mass is 32.2. The predicted octanol–water partition coefficient (Wildman–Crippen LogP) is 2.51. The van der Waals surface area contributed by atoms with Crippen molar-refractivity contribution < 1.29 is 35.5 Å². The van der Waals surface area contributed by atoms with Gasteiger partial charge < -0.3 is 9.64 Å². The summed E-state index contributed by atoms with van der Waals surface area (Å²) in [6, 6.07) is 4.32. The van der Waals surface area contributed by atoms with Crippen molar-refractivity contribution >= 4 is 15.9 Å². The van der Waals surface area contributed by atoms with Gasteiger partial charge in [-0.3, -0.25) is 9.78 Å². The maximum Gasteiger partial charge on any atom is 0.283 e. The van der Waals surface area contributed by atoms with Gasteiger partial charge in [0.25, 0.3) is 11.8 Å². The molecule has 2 saturated heterocycles. The van der Waals surface area contributed by atoms with Crippen LogP contribution in [0.3, 0.4) is 0 Å². The minimum absolute atomic E-state index is 0.148. The Morgan fingerprint density at radius 1 is 1.24 bits per heavy atom. The van der Waals surface area contributed by atoms with Gasteiger partial charge in [-0.2, -0.15) is 0 Å². The van der Waals surface area contributed by atoms with Gasteiger partial charge in [-0.15, -0.1) is 0 Å². The molecule has 2 unspecified atom stereocenters. The molecule has 0 aliphatic carbocycles. The Bertz CT molecular complexity index is 1170. The molecular weight excluding hydrogens is 478 g/mol. The third-order valence-corrected chi connectivity index (χ3v) is 7.32. The minimum Gasteiger partial charge on any atom is -0.368 e. The fraction of sp³-hybridized carbons (Fsp3) is 0.455. The summed E-state index contributed by atoms with van der Waals surface area (Å²) in [5.74, 6) is -6.19. The molecule has 4 rings (SSSR count). The van der Waals surface area contributed by atoms with E-state index >= 15 is 0 Å². The van der Waals surface area contributed by atoms with Gasteiger partial charge in [-0.1, -0.05) is 6.07 Å². The molecule has 2 aliphatic heterocycles. The van der Waals surface area contributed by atoms with Crippen LogP contribution < -0.4 is 4.72 Å². The SMILES string of the molecule is CCS(=O)(=O)NC1[C@@H](Cc2cccc(-c3cc(F)cc(F)c3)n2)N(C(=O)C2CCO2)CC1(F)F. The van der Waals surface area contributed by atoms with Crippen LogP contribution in [0.25, 0.3) is 11.3 Å². The Balaban J connectivity index is 1.68. The van der Waals surface area contributed by atoms with E-state index in [1.165, 1.54) is 19.1 Å². The Hall–Kier alpha value is -2.57. The molecule has 1 aromatic carbocycles. The Kier molecular flexibility index (Phi) is 6.67. The number of pyridine rings is 1. The van der Waals surface area contributed by atoms with E-state index in [4.69, 9.17) is 4.74 Å². The van der Waals surface area contributed by atoms with Gasteiger partial charge in [-0.05, 0) is 31.2 Å². The molecule has 0 spiro atoms. The van der Waals surface area contributed by atoms with Crippen molar-refractivity contribution in [3.05, 3.63) is 53.7 Å². The number of benzene rings is 1. The van der Waals surface area contributed by atoms with Gasteiger partial charge in [0.2, 0.25) is 10.0 Å². The molecule has 2 fully saturated rings. The summed E-state index contributed by atoms with van der Waals surface area (Å²) in [7, 11) is -4.02. The number of carbonyl (C=O) groups excluding carboxylic acids is 1. The van der Waals surface area contributed by atoms with Crippen molar-refractivity contribution in [1.82, 2.24) is 14.6 Å². The monoisotopic (exact) mass is 501 g/mol. The summed E-state index contributed by atoms with van der Waals surface area (Å²) in [6.07, 6.45) is -0.677. The molecule has 12 heteroatoms. The lowest BCUT2D eigenvalue weighted by molar-refractivity contribution is -0.158. The van der Waals surface area contributed by atoms with E-state index in [1.807, 2.05) is 4.72 Å². The van der Waals surface area contributed by atoms with Gasteiger partial charge in [0.1, 0.15) is 23.8 Å². The number of amides is 1. The van der Waals surface area contributed by atoms with Crippen LogP contribution in [-0.2, 0) is 26.0 Å².